The van der Waals surface area contributed by atoms with Crippen molar-refractivity contribution in [3.63, 3.8) is 0 Å². The lowest BCUT2D eigenvalue weighted by Gasteiger charge is -2.27. The SMILES string of the molecule is CNc1nc(Nc2ccc(C=Cc3ccc(-n4nc5c(n4)C4C=CC=CC4C(S(=O)O)=C5)cc3S(=O)(=O)O)c(SOOO)c2)nc(N2CCOCC2)n1. The van der Waals surface area contributed by atoms with Gasteiger partial charge < -0.3 is 24.8 Å². The zero-order valence-electron chi connectivity index (χ0n) is 27.6. The molecule has 0 radical (unpaired) electrons. The summed E-state index contributed by atoms with van der Waals surface area (Å²) >= 11 is -1.55. The number of fused-ring (bicyclic) bond motifs is 3. The topological polar surface area (TPSA) is 236 Å². The van der Waals surface area contributed by atoms with E-state index in [-0.39, 0.29) is 33.9 Å². The van der Waals surface area contributed by atoms with Crippen LogP contribution in [0.5, 0.6) is 0 Å². The summed E-state index contributed by atoms with van der Waals surface area (Å²) in [5.41, 5.74) is 2.36. The fourth-order valence-corrected chi connectivity index (χ4v) is 7.84. The molecule has 2 aromatic carbocycles. The van der Waals surface area contributed by atoms with E-state index in [4.69, 9.17) is 14.3 Å². The maximum Gasteiger partial charge on any atom is 0.295 e. The summed E-state index contributed by atoms with van der Waals surface area (Å²) in [6.07, 6.45) is 11.9. The Morgan fingerprint density at radius 3 is 2.47 bits per heavy atom. The minimum atomic E-state index is -4.75. The van der Waals surface area contributed by atoms with E-state index < -0.39 is 26.1 Å². The molecule has 4 aromatic rings. The van der Waals surface area contributed by atoms with Crippen LogP contribution < -0.4 is 15.5 Å². The summed E-state index contributed by atoms with van der Waals surface area (Å²) in [7, 11) is -3.05. The molecule has 2 aromatic heterocycles. The maximum absolute atomic E-state index is 12.6. The molecule has 21 heteroatoms. The number of anilines is 4. The number of nitrogens with zero attached hydrogens (tertiary/aromatic N) is 7. The summed E-state index contributed by atoms with van der Waals surface area (Å²) in [6.45, 7) is 2.36. The van der Waals surface area contributed by atoms with Gasteiger partial charge in [0.1, 0.15) is 10.6 Å². The second-order valence-corrected chi connectivity index (χ2v) is 14.7. The molecular weight excluding hydrogens is 751 g/mol. The van der Waals surface area contributed by atoms with Crippen LogP contribution >= 0.6 is 12.0 Å². The number of rotatable bonds is 12. The van der Waals surface area contributed by atoms with Gasteiger partial charge in [0.15, 0.2) is 11.1 Å². The Labute approximate surface area is 309 Å². The van der Waals surface area contributed by atoms with E-state index in [0.29, 0.717) is 77.8 Å². The number of nitrogens with one attached hydrogen (secondary N) is 2. The first-order chi connectivity index (χ1) is 25.6. The highest BCUT2D eigenvalue weighted by molar-refractivity contribution is 7.94. The van der Waals surface area contributed by atoms with E-state index in [1.165, 1.54) is 29.1 Å². The van der Waals surface area contributed by atoms with Crippen molar-refractivity contribution < 1.29 is 41.1 Å². The van der Waals surface area contributed by atoms with Crippen LogP contribution in [0.1, 0.15) is 28.4 Å². The second kappa shape index (κ2) is 15.6. The molecule has 1 aliphatic heterocycles. The highest BCUT2D eigenvalue weighted by Crippen LogP contribution is 2.41. The minimum Gasteiger partial charge on any atom is -0.378 e. The van der Waals surface area contributed by atoms with Crippen molar-refractivity contribution in [2.45, 2.75) is 15.7 Å². The Bertz CT molecular complexity index is 2290. The Balaban J connectivity index is 1.17. The standard InChI is InChI=1S/C32H31N9O9S3/c1-33-30-35-31(37-32(36-30)40-12-14-48-15-13-40)34-21-10-8-19(26(16-21)51-50-49-42)6-7-20-9-11-22(17-28(20)53(45,46)47)41-38-25-18-27(52(43)44)23-4-2-3-5-24(23)29(25)39-41/h2-11,16-18,23-24,42H,12-15H2,1H3,(H,43,44)(H,45,46,47)(H2,33,34,35,36,37). The van der Waals surface area contributed by atoms with Gasteiger partial charge in [-0.05, 0) is 41.5 Å². The van der Waals surface area contributed by atoms with E-state index in [9.17, 15) is 21.7 Å². The van der Waals surface area contributed by atoms with Crippen LogP contribution in [0.2, 0.25) is 0 Å². The lowest BCUT2D eigenvalue weighted by Crippen LogP contribution is -2.37. The van der Waals surface area contributed by atoms with Gasteiger partial charge in [-0.25, -0.2) is 9.47 Å². The Morgan fingerprint density at radius 2 is 1.74 bits per heavy atom. The zero-order valence-corrected chi connectivity index (χ0v) is 30.1. The van der Waals surface area contributed by atoms with Gasteiger partial charge in [0.2, 0.25) is 17.8 Å². The molecule has 0 bridgehead atoms. The summed E-state index contributed by atoms with van der Waals surface area (Å²) in [5, 5.41) is 27.8. The number of hydrogen-bond donors (Lipinski definition) is 5. The molecule has 3 atom stereocenters. The monoisotopic (exact) mass is 781 g/mol. The van der Waals surface area contributed by atoms with Crippen molar-refractivity contribution in [2.24, 2.45) is 5.92 Å². The summed E-state index contributed by atoms with van der Waals surface area (Å²) in [5.74, 6) is 0.378. The minimum absolute atomic E-state index is 0.143. The number of ether oxygens (including phenoxy) is 1. The molecule has 1 fully saturated rings. The molecule has 1 saturated heterocycles. The first-order valence-electron chi connectivity index (χ1n) is 15.9. The smallest absolute Gasteiger partial charge is 0.295 e. The third-order valence-corrected chi connectivity index (χ3v) is 10.8. The third-order valence-electron chi connectivity index (χ3n) is 8.44. The quantitative estimate of drug-likeness (QED) is 0.0336. The van der Waals surface area contributed by atoms with Crippen LogP contribution in [0.25, 0.3) is 23.9 Å². The summed E-state index contributed by atoms with van der Waals surface area (Å²) < 4.78 is 67.6. The number of aromatic nitrogens is 6. The van der Waals surface area contributed by atoms with Crippen LogP contribution in [0, 0.1) is 5.92 Å². The van der Waals surface area contributed by atoms with Gasteiger partial charge in [-0.1, -0.05) is 53.6 Å². The van der Waals surface area contributed by atoms with E-state index >= 15 is 0 Å². The molecule has 53 heavy (non-hydrogen) atoms. The van der Waals surface area contributed by atoms with Crippen molar-refractivity contribution >= 4 is 75.0 Å². The Kier molecular flexibility index (Phi) is 10.8. The number of hydrogen-bond acceptors (Lipinski definition) is 16. The fourth-order valence-electron chi connectivity index (χ4n) is 5.95. The maximum atomic E-state index is 12.6. The molecule has 18 nitrogen and oxygen atoms in total. The molecular formula is C32H31N9O9S3. The number of morpholine rings is 1. The van der Waals surface area contributed by atoms with Crippen molar-refractivity contribution in [3.8, 4) is 5.69 Å². The van der Waals surface area contributed by atoms with Crippen molar-refractivity contribution in [3.05, 3.63) is 88.1 Å². The molecule has 3 heterocycles. The number of benzene rings is 2. The predicted octanol–water partition coefficient (Wildman–Crippen LogP) is 4.32. The van der Waals surface area contributed by atoms with E-state index in [1.54, 1.807) is 43.5 Å². The third kappa shape index (κ3) is 8.07. The molecule has 0 saturated carbocycles. The average Bonchev–Trinajstić information content (AvgIpc) is 3.61. The molecule has 0 amide bonds. The molecule has 7 rings (SSSR count). The first-order valence-corrected chi connectivity index (χ1v) is 19.2. The van der Waals surface area contributed by atoms with Gasteiger partial charge >= 0.3 is 0 Å². The normalized spacial score (nSPS) is 18.8. The van der Waals surface area contributed by atoms with E-state index in [1.807, 2.05) is 23.1 Å². The van der Waals surface area contributed by atoms with Crippen molar-refractivity contribution in [1.29, 1.82) is 0 Å². The van der Waals surface area contributed by atoms with Crippen molar-refractivity contribution in [2.75, 3.05) is 48.9 Å². The van der Waals surface area contributed by atoms with Gasteiger partial charge in [0.05, 0.1) is 41.5 Å². The van der Waals surface area contributed by atoms with Gasteiger partial charge in [0, 0.05) is 42.6 Å². The number of allylic oxidation sites excluding steroid dienone is 5. The second-order valence-electron chi connectivity index (χ2n) is 11.6. The zero-order chi connectivity index (χ0) is 37.1. The van der Waals surface area contributed by atoms with Gasteiger partial charge in [-0.2, -0.15) is 33.3 Å². The Morgan fingerprint density at radius 1 is 1.00 bits per heavy atom. The van der Waals surface area contributed by atoms with Gasteiger partial charge in [-0.15, -0.1) is 9.43 Å². The molecule has 3 unspecified atom stereocenters. The molecule has 3 aliphatic rings. The Hall–Kier alpha value is -4.84. The largest absolute Gasteiger partial charge is 0.378 e. The summed E-state index contributed by atoms with van der Waals surface area (Å²) in [4.78, 5) is 16.9. The van der Waals surface area contributed by atoms with Crippen molar-refractivity contribution in [1.82, 2.24) is 29.9 Å². The average molecular weight is 782 g/mol. The van der Waals surface area contributed by atoms with Crippen LogP contribution in [0.15, 0.2) is 75.4 Å². The first kappa shape index (κ1) is 36.5. The van der Waals surface area contributed by atoms with E-state index in [2.05, 4.69) is 40.8 Å². The van der Waals surface area contributed by atoms with Crippen LogP contribution in [0.4, 0.5) is 23.5 Å². The summed E-state index contributed by atoms with van der Waals surface area (Å²) in [6, 6.07) is 9.39. The molecule has 5 N–H and O–H groups in total. The lowest BCUT2D eigenvalue weighted by molar-refractivity contribution is -0.432. The predicted molar refractivity (Wildman–Crippen MR) is 196 cm³/mol. The molecule has 0 spiro atoms. The fraction of sp³-hybridized carbons (Fsp3) is 0.219. The highest BCUT2D eigenvalue weighted by Gasteiger charge is 2.35. The highest BCUT2D eigenvalue weighted by atomic mass is 32.2. The van der Waals surface area contributed by atoms with Crippen LogP contribution in [0.3, 0.4) is 0 Å². The van der Waals surface area contributed by atoms with Crippen LogP contribution in [-0.2, 0) is 35.3 Å². The molecule has 276 valence electrons. The van der Waals surface area contributed by atoms with Crippen LogP contribution in [-0.4, -0.2) is 90.3 Å². The molecule has 2 aliphatic carbocycles. The van der Waals surface area contributed by atoms with Gasteiger partial charge in [0.25, 0.3) is 10.1 Å². The van der Waals surface area contributed by atoms with E-state index in [0.717, 1.165) is 0 Å². The van der Waals surface area contributed by atoms with Gasteiger partial charge in [-0.3, -0.25) is 4.55 Å². The lowest BCUT2D eigenvalue weighted by atomic mass is 9.81.